The highest BCUT2D eigenvalue weighted by Gasteiger charge is 2.26. The number of carbonyl (C=O) groups excluding carboxylic acids is 1. The Bertz CT molecular complexity index is 1250. The zero-order valence-electron chi connectivity index (χ0n) is 20.6. The van der Waals surface area contributed by atoms with Crippen molar-refractivity contribution in [2.24, 2.45) is 0 Å². The molecule has 0 unspecified atom stereocenters. The molecule has 1 saturated heterocycles. The number of hydrogen-bond acceptors (Lipinski definition) is 6. The summed E-state index contributed by atoms with van der Waals surface area (Å²) in [4.78, 5) is 34.4. The molecule has 188 valence electrons. The fourth-order valence-electron chi connectivity index (χ4n) is 5.34. The van der Waals surface area contributed by atoms with Crippen LogP contribution in [0.5, 0.6) is 5.75 Å². The van der Waals surface area contributed by atoms with Crippen molar-refractivity contribution in [2.45, 2.75) is 38.1 Å². The fourth-order valence-corrected chi connectivity index (χ4v) is 5.34. The molecule has 2 fully saturated rings. The van der Waals surface area contributed by atoms with Gasteiger partial charge in [0.25, 0.3) is 5.91 Å². The molecule has 0 atom stereocenters. The number of methoxy groups -OCH3 is 1. The van der Waals surface area contributed by atoms with E-state index >= 15 is 0 Å². The summed E-state index contributed by atoms with van der Waals surface area (Å²) >= 11 is 0. The molecule has 2 aliphatic rings. The van der Waals surface area contributed by atoms with Crippen molar-refractivity contribution < 1.29 is 19.4 Å². The number of piperazine rings is 1. The summed E-state index contributed by atoms with van der Waals surface area (Å²) in [5.74, 6) is 0.0660. The fraction of sp³-hybridized carbons (Fsp3) is 0.393. The van der Waals surface area contributed by atoms with E-state index in [-0.39, 0.29) is 11.5 Å². The molecule has 2 aromatic carbocycles. The predicted molar refractivity (Wildman–Crippen MR) is 140 cm³/mol. The lowest BCUT2D eigenvalue weighted by Gasteiger charge is -2.41. The van der Waals surface area contributed by atoms with E-state index in [0.717, 1.165) is 26.2 Å². The molecule has 36 heavy (non-hydrogen) atoms. The van der Waals surface area contributed by atoms with Crippen molar-refractivity contribution in [2.75, 3.05) is 43.5 Å². The summed E-state index contributed by atoms with van der Waals surface area (Å²) in [6.07, 6.45) is 6.56. The average molecular weight is 489 g/mol. The molecule has 2 heterocycles. The zero-order chi connectivity index (χ0) is 25.1. The number of benzene rings is 2. The van der Waals surface area contributed by atoms with Crippen LogP contribution >= 0.6 is 0 Å². The van der Waals surface area contributed by atoms with Gasteiger partial charge in [0.1, 0.15) is 11.6 Å². The number of amides is 1. The van der Waals surface area contributed by atoms with Crippen molar-refractivity contribution in [1.29, 1.82) is 0 Å². The molecule has 2 N–H and O–H groups in total. The molecule has 1 saturated carbocycles. The monoisotopic (exact) mass is 488 g/mol. The number of aromatic carboxylic acids is 1. The van der Waals surface area contributed by atoms with E-state index in [1.54, 1.807) is 55.6 Å². The number of carbonyl (C=O) groups is 2. The number of pyridine rings is 1. The summed E-state index contributed by atoms with van der Waals surface area (Å²) in [5.41, 5.74) is 1.78. The lowest BCUT2D eigenvalue weighted by Crippen LogP contribution is -2.51. The number of carboxylic acid groups (broad SMARTS) is 1. The van der Waals surface area contributed by atoms with E-state index in [9.17, 15) is 14.7 Å². The van der Waals surface area contributed by atoms with Crippen molar-refractivity contribution >= 4 is 34.3 Å². The third-order valence-electron chi connectivity index (χ3n) is 7.36. The van der Waals surface area contributed by atoms with Gasteiger partial charge in [0.15, 0.2) is 0 Å². The lowest BCUT2D eigenvalue weighted by molar-refractivity contribution is 0.0698. The SMILES string of the molecule is COc1ccc(C(=O)Nc2ccc3nc(N4CCN(C5CCCCC5)CC4)cc(C(=O)O)c3c2)cc1. The van der Waals surface area contributed by atoms with Gasteiger partial charge in [-0.3, -0.25) is 9.69 Å². The largest absolute Gasteiger partial charge is 0.497 e. The number of fused-ring (bicyclic) bond motifs is 1. The maximum atomic E-state index is 12.7. The predicted octanol–water partition coefficient (Wildman–Crippen LogP) is 4.65. The van der Waals surface area contributed by atoms with Crippen molar-refractivity contribution in [3.05, 3.63) is 59.7 Å². The van der Waals surface area contributed by atoms with Gasteiger partial charge < -0.3 is 20.1 Å². The molecule has 1 amide bonds. The number of nitrogens with one attached hydrogen (secondary N) is 1. The third kappa shape index (κ3) is 5.14. The van der Waals surface area contributed by atoms with Crippen LogP contribution in [0.25, 0.3) is 10.9 Å². The number of nitrogens with zero attached hydrogens (tertiary/aromatic N) is 3. The summed E-state index contributed by atoms with van der Waals surface area (Å²) < 4.78 is 5.14. The standard InChI is InChI=1S/C28H32N4O4/c1-36-22-10-7-19(8-11-22)27(33)29-20-9-12-25-23(17-20)24(28(34)35)18-26(30-25)32-15-13-31(14-16-32)21-5-3-2-4-6-21/h7-12,17-18,21H,2-6,13-16H2,1H3,(H,29,33)(H,34,35). The Labute approximate surface area is 210 Å². The molecule has 1 aliphatic heterocycles. The molecule has 1 aliphatic carbocycles. The highest BCUT2D eigenvalue weighted by atomic mass is 16.5. The van der Waals surface area contributed by atoms with E-state index in [1.165, 1.54) is 32.1 Å². The first-order valence-electron chi connectivity index (χ1n) is 12.6. The Morgan fingerprint density at radius 3 is 2.36 bits per heavy atom. The van der Waals surface area contributed by atoms with E-state index < -0.39 is 5.97 Å². The number of anilines is 2. The number of ether oxygens (including phenoxy) is 1. The number of rotatable bonds is 6. The summed E-state index contributed by atoms with van der Waals surface area (Å²) in [6.45, 7) is 3.63. The van der Waals surface area contributed by atoms with Crippen molar-refractivity contribution in [3.63, 3.8) is 0 Å². The zero-order valence-corrected chi connectivity index (χ0v) is 20.6. The molecule has 0 radical (unpaired) electrons. The van der Waals surface area contributed by atoms with Gasteiger partial charge in [-0.1, -0.05) is 19.3 Å². The third-order valence-corrected chi connectivity index (χ3v) is 7.36. The normalized spacial score (nSPS) is 17.2. The van der Waals surface area contributed by atoms with E-state index in [4.69, 9.17) is 9.72 Å². The second-order valence-corrected chi connectivity index (χ2v) is 9.56. The van der Waals surface area contributed by atoms with Gasteiger partial charge in [-0.2, -0.15) is 0 Å². The maximum absolute atomic E-state index is 12.7. The molecule has 0 spiro atoms. The lowest BCUT2D eigenvalue weighted by atomic mass is 9.94. The second kappa shape index (κ2) is 10.5. The van der Waals surface area contributed by atoms with Gasteiger partial charge in [-0.15, -0.1) is 0 Å². The van der Waals surface area contributed by atoms with Gasteiger partial charge in [0, 0.05) is 48.9 Å². The van der Waals surface area contributed by atoms with Crippen LogP contribution < -0.4 is 15.0 Å². The Kier molecular flexibility index (Phi) is 7.04. The van der Waals surface area contributed by atoms with Crippen LogP contribution in [0.15, 0.2) is 48.5 Å². The quantitative estimate of drug-likeness (QED) is 0.522. The van der Waals surface area contributed by atoms with Crippen molar-refractivity contribution in [1.82, 2.24) is 9.88 Å². The molecule has 3 aromatic rings. The first-order chi connectivity index (χ1) is 17.5. The Balaban J connectivity index is 1.34. The molecule has 8 nitrogen and oxygen atoms in total. The Hall–Kier alpha value is -3.65. The molecular formula is C28H32N4O4. The number of aromatic nitrogens is 1. The molecule has 1 aromatic heterocycles. The minimum Gasteiger partial charge on any atom is -0.497 e. The molecule has 5 rings (SSSR count). The molecule has 8 heteroatoms. The van der Waals surface area contributed by atoms with Gasteiger partial charge in [0.2, 0.25) is 0 Å². The minimum atomic E-state index is -1.01. The van der Waals surface area contributed by atoms with Crippen LogP contribution in [-0.2, 0) is 0 Å². The van der Waals surface area contributed by atoms with Crippen molar-refractivity contribution in [3.8, 4) is 5.75 Å². The first-order valence-corrected chi connectivity index (χ1v) is 12.6. The summed E-state index contributed by atoms with van der Waals surface area (Å²) in [7, 11) is 1.57. The topological polar surface area (TPSA) is 95.0 Å². The van der Waals surface area contributed by atoms with Crippen LogP contribution in [-0.4, -0.2) is 66.2 Å². The number of carboxylic acids is 1. The van der Waals surface area contributed by atoms with Gasteiger partial charge >= 0.3 is 5.97 Å². The summed E-state index contributed by atoms with van der Waals surface area (Å²) in [5, 5.41) is 13.3. The molecular weight excluding hydrogens is 456 g/mol. The van der Waals surface area contributed by atoms with Crippen LogP contribution in [0.2, 0.25) is 0 Å². The number of hydrogen-bond donors (Lipinski definition) is 2. The molecule has 0 bridgehead atoms. The van der Waals surface area contributed by atoms with E-state index in [0.29, 0.717) is 39.8 Å². The minimum absolute atomic E-state index is 0.185. The van der Waals surface area contributed by atoms with Gasteiger partial charge in [-0.25, -0.2) is 9.78 Å². The smallest absolute Gasteiger partial charge is 0.336 e. The van der Waals surface area contributed by atoms with Crippen LogP contribution in [0.4, 0.5) is 11.5 Å². The first kappa shape index (κ1) is 24.1. The van der Waals surface area contributed by atoms with E-state index in [1.807, 2.05) is 0 Å². The van der Waals surface area contributed by atoms with Crippen LogP contribution in [0.1, 0.15) is 52.8 Å². The van der Waals surface area contributed by atoms with E-state index in [2.05, 4.69) is 15.1 Å². The van der Waals surface area contributed by atoms with Gasteiger partial charge in [0.05, 0.1) is 18.2 Å². The Morgan fingerprint density at radius 2 is 1.69 bits per heavy atom. The second-order valence-electron chi connectivity index (χ2n) is 9.56. The maximum Gasteiger partial charge on any atom is 0.336 e. The van der Waals surface area contributed by atoms with Gasteiger partial charge in [-0.05, 0) is 61.4 Å². The highest BCUT2D eigenvalue weighted by Crippen LogP contribution is 2.28. The average Bonchev–Trinajstić information content (AvgIpc) is 2.93. The summed E-state index contributed by atoms with van der Waals surface area (Å²) in [6, 6.07) is 14.4. The van der Waals surface area contributed by atoms with Crippen LogP contribution in [0.3, 0.4) is 0 Å². The highest BCUT2D eigenvalue weighted by molar-refractivity contribution is 6.08. The Morgan fingerprint density at radius 1 is 0.972 bits per heavy atom. The van der Waals surface area contributed by atoms with Crippen LogP contribution in [0, 0.1) is 0 Å².